The van der Waals surface area contributed by atoms with Crippen molar-refractivity contribution in [1.29, 1.82) is 0 Å². The lowest BCUT2D eigenvalue weighted by Crippen LogP contribution is -2.32. The van der Waals surface area contributed by atoms with Gasteiger partial charge in [-0.2, -0.15) is 10.1 Å². The van der Waals surface area contributed by atoms with Gasteiger partial charge in [0.15, 0.2) is 6.10 Å². The van der Waals surface area contributed by atoms with E-state index in [2.05, 4.69) is 15.4 Å². The van der Waals surface area contributed by atoms with Crippen LogP contribution >= 0.6 is 11.6 Å². The van der Waals surface area contributed by atoms with Crippen LogP contribution in [0.5, 0.6) is 5.75 Å². The van der Waals surface area contributed by atoms with Crippen molar-refractivity contribution in [3.8, 4) is 5.75 Å². The minimum absolute atomic E-state index is 0.321. The Morgan fingerprint density at radius 1 is 0.968 bits per heavy atom. The van der Waals surface area contributed by atoms with Crippen LogP contribution in [0.25, 0.3) is 5.70 Å². The van der Waals surface area contributed by atoms with Crippen molar-refractivity contribution in [2.24, 2.45) is 0 Å². The molecule has 0 spiro atoms. The van der Waals surface area contributed by atoms with Crippen molar-refractivity contribution in [3.63, 3.8) is 0 Å². The van der Waals surface area contributed by atoms with Crippen molar-refractivity contribution >= 4 is 23.2 Å². The Hall–Kier alpha value is -3.64. The van der Waals surface area contributed by atoms with Crippen LogP contribution in [0.4, 0.5) is 10.3 Å². The van der Waals surface area contributed by atoms with Gasteiger partial charge in [0.05, 0.1) is 5.70 Å². The van der Waals surface area contributed by atoms with Crippen molar-refractivity contribution in [1.82, 2.24) is 14.8 Å². The monoisotopic (exact) mass is 430 g/mol. The molecule has 0 saturated carbocycles. The number of aromatic nitrogens is 3. The van der Waals surface area contributed by atoms with Gasteiger partial charge < -0.3 is 10.1 Å². The van der Waals surface area contributed by atoms with Crippen LogP contribution in [0.15, 0.2) is 84.7 Å². The van der Waals surface area contributed by atoms with Crippen molar-refractivity contribution in [2.75, 3.05) is 5.32 Å². The normalized spacial score (nSPS) is 19.0. The van der Waals surface area contributed by atoms with E-state index in [1.54, 1.807) is 16.8 Å². The first-order valence-electron chi connectivity index (χ1n) is 9.87. The predicted octanol–water partition coefficient (Wildman–Crippen LogP) is 5.63. The van der Waals surface area contributed by atoms with E-state index in [1.165, 1.54) is 12.4 Å². The number of fused-ring (bicyclic) bond motifs is 3. The van der Waals surface area contributed by atoms with Crippen LogP contribution in [0.3, 0.4) is 0 Å². The molecule has 4 aromatic rings. The van der Waals surface area contributed by atoms with Gasteiger partial charge in [-0.05, 0) is 35.9 Å². The first kappa shape index (κ1) is 18.2. The van der Waals surface area contributed by atoms with Gasteiger partial charge in [-0.3, -0.25) is 0 Å². The molecule has 0 unspecified atom stereocenters. The molecule has 0 bridgehead atoms. The summed E-state index contributed by atoms with van der Waals surface area (Å²) < 4.78 is 23.2. The molecule has 0 aliphatic carbocycles. The maximum absolute atomic E-state index is 15.0. The van der Waals surface area contributed by atoms with Gasteiger partial charge in [0.1, 0.15) is 23.9 Å². The van der Waals surface area contributed by atoms with E-state index in [0.29, 0.717) is 22.3 Å². The highest BCUT2D eigenvalue weighted by Crippen LogP contribution is 2.50. The van der Waals surface area contributed by atoms with E-state index in [9.17, 15) is 4.39 Å². The molecular formula is C24H16ClFN4O. The molecule has 1 aromatic heterocycles. The molecule has 5 nitrogen and oxygen atoms in total. The third-order valence-corrected chi connectivity index (χ3v) is 5.95. The van der Waals surface area contributed by atoms with E-state index < -0.39 is 6.10 Å². The Morgan fingerprint density at radius 3 is 2.58 bits per heavy atom. The molecule has 31 heavy (non-hydrogen) atoms. The molecule has 7 heteroatoms. The van der Waals surface area contributed by atoms with Crippen LogP contribution in [0.2, 0.25) is 5.02 Å². The number of ether oxygens (including phenoxy) is 1. The number of anilines is 1. The number of hydrogen-bond donors (Lipinski definition) is 1. The lowest BCUT2D eigenvalue weighted by molar-refractivity contribution is 0.218. The number of rotatable bonds is 2. The fourth-order valence-corrected chi connectivity index (χ4v) is 4.46. The molecule has 1 N–H and O–H groups in total. The molecular weight excluding hydrogens is 415 g/mol. The molecule has 2 aliphatic heterocycles. The van der Waals surface area contributed by atoms with Gasteiger partial charge in [0.25, 0.3) is 0 Å². The first-order chi connectivity index (χ1) is 15.2. The number of para-hydroxylation sites is 1. The van der Waals surface area contributed by atoms with E-state index in [1.807, 2.05) is 54.6 Å². The lowest BCUT2D eigenvalue weighted by Gasteiger charge is -2.39. The maximum atomic E-state index is 15.0. The summed E-state index contributed by atoms with van der Waals surface area (Å²) >= 11 is 6.15. The summed E-state index contributed by atoms with van der Waals surface area (Å²) in [7, 11) is 0. The fourth-order valence-electron chi connectivity index (χ4n) is 4.33. The predicted molar refractivity (Wildman–Crippen MR) is 116 cm³/mol. The zero-order valence-electron chi connectivity index (χ0n) is 16.2. The largest absolute Gasteiger partial charge is 0.480 e. The minimum Gasteiger partial charge on any atom is -0.480 e. The SMILES string of the molecule is Fc1ccccc1[C@@H]1Oc2ccccc2C2=C1[C@@H](c1ccc(Cl)cc1)n1ncnc1N2. The zero-order chi connectivity index (χ0) is 20.9. The number of hydrogen-bond acceptors (Lipinski definition) is 4. The highest BCUT2D eigenvalue weighted by molar-refractivity contribution is 6.30. The third-order valence-electron chi connectivity index (χ3n) is 5.69. The van der Waals surface area contributed by atoms with E-state index in [0.717, 1.165) is 22.4 Å². The molecule has 0 radical (unpaired) electrons. The Labute approximate surface area is 182 Å². The molecule has 2 atom stereocenters. The van der Waals surface area contributed by atoms with Crippen LogP contribution in [0, 0.1) is 5.82 Å². The molecule has 0 fully saturated rings. The number of nitrogens with zero attached hydrogens (tertiary/aromatic N) is 3. The molecule has 6 rings (SSSR count). The summed E-state index contributed by atoms with van der Waals surface area (Å²) in [6.45, 7) is 0. The fraction of sp³-hybridized carbons (Fsp3) is 0.0833. The molecule has 3 aromatic carbocycles. The maximum Gasteiger partial charge on any atom is 0.226 e. The lowest BCUT2D eigenvalue weighted by atomic mass is 9.84. The second kappa shape index (κ2) is 6.96. The van der Waals surface area contributed by atoms with Gasteiger partial charge in [-0.15, -0.1) is 0 Å². The first-order valence-corrected chi connectivity index (χ1v) is 10.2. The van der Waals surface area contributed by atoms with E-state index in [-0.39, 0.29) is 11.9 Å². The number of halogens is 2. The van der Waals surface area contributed by atoms with E-state index in [4.69, 9.17) is 16.3 Å². The topological polar surface area (TPSA) is 52.0 Å². The summed E-state index contributed by atoms with van der Waals surface area (Å²) in [4.78, 5) is 4.39. The second-order valence-corrected chi connectivity index (χ2v) is 7.89. The molecule has 152 valence electrons. The van der Waals surface area contributed by atoms with Gasteiger partial charge in [0.2, 0.25) is 5.95 Å². The van der Waals surface area contributed by atoms with Gasteiger partial charge in [0, 0.05) is 21.7 Å². The molecule has 0 saturated heterocycles. The smallest absolute Gasteiger partial charge is 0.226 e. The summed E-state index contributed by atoms with van der Waals surface area (Å²) in [5.41, 5.74) is 4.04. The Bertz CT molecular complexity index is 1330. The number of benzene rings is 3. The average Bonchev–Trinajstić information content (AvgIpc) is 3.27. The zero-order valence-corrected chi connectivity index (χ0v) is 16.9. The Kier molecular flexibility index (Phi) is 4.07. The van der Waals surface area contributed by atoms with Crippen LogP contribution < -0.4 is 10.1 Å². The van der Waals surface area contributed by atoms with Crippen LogP contribution in [0.1, 0.15) is 28.8 Å². The van der Waals surface area contributed by atoms with Gasteiger partial charge in [-0.1, -0.05) is 54.1 Å². The molecule has 0 amide bonds. The third kappa shape index (κ3) is 2.83. The molecule has 2 aliphatic rings. The standard InChI is InChI=1S/C24H16ClFN4O/c25-15-11-9-14(10-12-15)22-20-21(29-24-27-13-28-30(22)24)17-6-2-4-8-19(17)31-23(20)16-5-1-3-7-18(16)26/h1-13,22-23H,(H,27,28,29)/t22-,23+/m1/s1. The van der Waals surface area contributed by atoms with Crippen molar-refractivity contribution in [2.45, 2.75) is 12.1 Å². The van der Waals surface area contributed by atoms with Crippen molar-refractivity contribution < 1.29 is 9.13 Å². The Morgan fingerprint density at radius 2 is 1.74 bits per heavy atom. The molecule has 3 heterocycles. The summed E-state index contributed by atoms with van der Waals surface area (Å²) in [6, 6.07) is 21.7. The second-order valence-electron chi connectivity index (χ2n) is 7.45. The minimum atomic E-state index is -0.642. The van der Waals surface area contributed by atoms with Crippen LogP contribution in [-0.4, -0.2) is 14.8 Å². The average molecular weight is 431 g/mol. The highest BCUT2D eigenvalue weighted by Gasteiger charge is 2.41. The van der Waals surface area contributed by atoms with E-state index >= 15 is 0 Å². The van der Waals surface area contributed by atoms with Crippen molar-refractivity contribution in [3.05, 3.63) is 112 Å². The van der Waals surface area contributed by atoms with Gasteiger partial charge in [-0.25, -0.2) is 9.07 Å². The van der Waals surface area contributed by atoms with Crippen LogP contribution in [-0.2, 0) is 0 Å². The quantitative estimate of drug-likeness (QED) is 0.447. The summed E-state index contributed by atoms with van der Waals surface area (Å²) in [6.07, 6.45) is 0.866. The summed E-state index contributed by atoms with van der Waals surface area (Å²) in [5, 5.41) is 8.51. The summed E-state index contributed by atoms with van der Waals surface area (Å²) in [5.74, 6) is 0.977. The Balaban J connectivity index is 1.65. The number of nitrogens with one attached hydrogen (secondary N) is 1. The van der Waals surface area contributed by atoms with Gasteiger partial charge >= 0.3 is 0 Å². The highest BCUT2D eigenvalue weighted by atomic mass is 35.5.